The van der Waals surface area contributed by atoms with Crippen LogP contribution in [0.2, 0.25) is 0 Å². The van der Waals surface area contributed by atoms with Crippen molar-refractivity contribution >= 4 is 11.7 Å². The molecule has 116 valence electrons. The Morgan fingerprint density at radius 1 is 1.10 bits per heavy atom. The number of anilines is 1. The molecule has 0 spiro atoms. The molecule has 0 aliphatic carbocycles. The van der Waals surface area contributed by atoms with Crippen molar-refractivity contribution in [3.8, 4) is 0 Å². The molecule has 21 heavy (non-hydrogen) atoms. The number of carbonyl (C=O) groups is 1. The van der Waals surface area contributed by atoms with Gasteiger partial charge in [0.15, 0.2) is 6.23 Å². The monoisotopic (exact) mass is 299 g/mol. The largest absolute Gasteiger partial charge is 0.478 e. The summed E-state index contributed by atoms with van der Waals surface area (Å²) in [6, 6.07) is 5.69. The molecule has 0 saturated carbocycles. The molecule has 8 heteroatoms. The minimum Gasteiger partial charge on any atom is -0.478 e. The van der Waals surface area contributed by atoms with E-state index in [1.54, 1.807) is 0 Å². The van der Waals surface area contributed by atoms with E-state index in [0.29, 0.717) is 5.69 Å². The molecule has 0 unspecified atom stereocenters. The first kappa shape index (κ1) is 15.7. The zero-order valence-electron chi connectivity index (χ0n) is 11.0. The fraction of sp³-hybridized carbons (Fsp3) is 0.462. The Balaban J connectivity index is 2.08. The number of rotatable bonds is 4. The lowest BCUT2D eigenvalue weighted by Gasteiger charge is -2.40. The molecule has 1 saturated heterocycles. The Kier molecular flexibility index (Phi) is 4.76. The van der Waals surface area contributed by atoms with Gasteiger partial charge in [0.25, 0.3) is 0 Å². The summed E-state index contributed by atoms with van der Waals surface area (Å²) in [6.07, 6.45) is -6.33. The van der Waals surface area contributed by atoms with Gasteiger partial charge in [-0.3, -0.25) is 0 Å². The van der Waals surface area contributed by atoms with Crippen LogP contribution in [-0.4, -0.2) is 68.8 Å². The highest BCUT2D eigenvalue weighted by Gasteiger charge is 2.43. The number of ether oxygens (including phenoxy) is 1. The molecule has 1 fully saturated rings. The van der Waals surface area contributed by atoms with Gasteiger partial charge in [0.2, 0.25) is 0 Å². The van der Waals surface area contributed by atoms with E-state index in [4.69, 9.17) is 14.9 Å². The van der Waals surface area contributed by atoms with Gasteiger partial charge in [-0.15, -0.1) is 0 Å². The van der Waals surface area contributed by atoms with Crippen LogP contribution in [0.1, 0.15) is 10.4 Å². The van der Waals surface area contributed by atoms with Crippen molar-refractivity contribution in [3.05, 3.63) is 29.8 Å². The summed E-state index contributed by atoms with van der Waals surface area (Å²) in [6.45, 7) is -0.513. The first-order valence-electron chi connectivity index (χ1n) is 6.34. The molecule has 1 aromatic carbocycles. The normalized spacial score (nSPS) is 32.7. The molecule has 1 aromatic rings. The average Bonchev–Trinajstić information content (AvgIpc) is 2.48. The number of carboxylic acids is 1. The van der Waals surface area contributed by atoms with Gasteiger partial charge in [-0.2, -0.15) is 0 Å². The van der Waals surface area contributed by atoms with Crippen molar-refractivity contribution in [2.45, 2.75) is 30.6 Å². The minimum absolute atomic E-state index is 0.106. The SMILES string of the molecule is O=C(O)c1ccc(N[C@H]2O[C@H](CO)[C@@H](O)[C@@H](O)[C@@H]2O)cc1. The zero-order valence-corrected chi connectivity index (χ0v) is 11.0. The lowest BCUT2D eigenvalue weighted by Crippen LogP contribution is -2.60. The van der Waals surface area contributed by atoms with Crippen LogP contribution in [0.3, 0.4) is 0 Å². The van der Waals surface area contributed by atoms with Crippen LogP contribution in [0, 0.1) is 0 Å². The maximum atomic E-state index is 10.7. The number of carboxylic acid groups (broad SMARTS) is 1. The summed E-state index contributed by atoms with van der Waals surface area (Å²) in [5.74, 6) is -1.06. The van der Waals surface area contributed by atoms with Gasteiger partial charge < -0.3 is 35.6 Å². The number of aliphatic hydroxyl groups excluding tert-OH is 4. The van der Waals surface area contributed by atoms with Crippen LogP contribution in [-0.2, 0) is 4.74 Å². The average molecular weight is 299 g/mol. The van der Waals surface area contributed by atoms with E-state index >= 15 is 0 Å². The van der Waals surface area contributed by atoms with Gasteiger partial charge in [-0.1, -0.05) is 0 Å². The molecule has 0 amide bonds. The van der Waals surface area contributed by atoms with Crippen molar-refractivity contribution in [2.24, 2.45) is 0 Å². The summed E-state index contributed by atoms with van der Waals surface area (Å²) in [7, 11) is 0. The third-order valence-electron chi connectivity index (χ3n) is 3.33. The van der Waals surface area contributed by atoms with Crippen LogP contribution < -0.4 is 5.32 Å². The third-order valence-corrected chi connectivity index (χ3v) is 3.33. The number of hydrogen-bond donors (Lipinski definition) is 6. The Bertz CT molecular complexity index is 490. The van der Waals surface area contributed by atoms with Gasteiger partial charge >= 0.3 is 5.97 Å². The van der Waals surface area contributed by atoms with E-state index in [1.807, 2.05) is 0 Å². The molecule has 5 atom stereocenters. The molecule has 0 bridgehead atoms. The van der Waals surface area contributed by atoms with E-state index in [2.05, 4.69) is 5.32 Å². The van der Waals surface area contributed by atoms with E-state index in [0.717, 1.165) is 0 Å². The van der Waals surface area contributed by atoms with Crippen molar-refractivity contribution in [1.82, 2.24) is 0 Å². The number of aliphatic hydroxyl groups is 4. The maximum absolute atomic E-state index is 10.7. The Morgan fingerprint density at radius 2 is 1.71 bits per heavy atom. The first-order chi connectivity index (χ1) is 9.93. The van der Waals surface area contributed by atoms with E-state index in [1.165, 1.54) is 24.3 Å². The lowest BCUT2D eigenvalue weighted by atomic mass is 9.98. The summed E-state index contributed by atoms with van der Waals surface area (Å²) >= 11 is 0. The predicted octanol–water partition coefficient (Wildman–Crippen LogP) is -1.40. The second-order valence-electron chi connectivity index (χ2n) is 4.78. The Labute approximate surface area is 120 Å². The summed E-state index contributed by atoms with van der Waals surface area (Å²) in [5, 5.41) is 49.8. The van der Waals surface area contributed by atoms with E-state index < -0.39 is 43.2 Å². The van der Waals surface area contributed by atoms with Crippen molar-refractivity contribution in [1.29, 1.82) is 0 Å². The van der Waals surface area contributed by atoms with Crippen molar-refractivity contribution < 1.29 is 35.1 Å². The van der Waals surface area contributed by atoms with Gasteiger partial charge in [0.1, 0.15) is 24.4 Å². The summed E-state index contributed by atoms with van der Waals surface area (Å²) in [5.41, 5.74) is 0.568. The van der Waals surface area contributed by atoms with Gasteiger partial charge in [-0.05, 0) is 24.3 Å². The molecule has 0 aromatic heterocycles. The second-order valence-corrected chi connectivity index (χ2v) is 4.78. The standard InChI is InChI=1S/C13H17NO7/c15-5-8-9(16)10(17)11(18)12(21-8)14-7-3-1-6(2-4-7)13(19)20/h1-4,8-12,14-18H,5H2,(H,19,20)/t8-,9-,10-,11+,12+/m1/s1. The topological polar surface area (TPSA) is 139 Å². The Hall–Kier alpha value is -1.71. The highest BCUT2D eigenvalue weighted by Crippen LogP contribution is 2.23. The maximum Gasteiger partial charge on any atom is 0.335 e. The fourth-order valence-electron chi connectivity index (χ4n) is 2.09. The van der Waals surface area contributed by atoms with Crippen LogP contribution in [0.15, 0.2) is 24.3 Å². The third kappa shape index (κ3) is 3.31. The predicted molar refractivity (Wildman–Crippen MR) is 70.8 cm³/mol. The van der Waals surface area contributed by atoms with Gasteiger partial charge in [0, 0.05) is 5.69 Å². The minimum atomic E-state index is -1.47. The summed E-state index contributed by atoms with van der Waals surface area (Å²) < 4.78 is 5.27. The zero-order chi connectivity index (χ0) is 15.6. The molecule has 1 heterocycles. The van der Waals surface area contributed by atoms with Crippen LogP contribution in [0.5, 0.6) is 0 Å². The van der Waals surface area contributed by atoms with Crippen LogP contribution >= 0.6 is 0 Å². The molecule has 1 aliphatic rings. The molecular formula is C13H17NO7. The quantitative estimate of drug-likeness (QED) is 0.399. The number of aromatic carboxylic acids is 1. The highest BCUT2D eigenvalue weighted by molar-refractivity contribution is 5.87. The first-order valence-corrected chi connectivity index (χ1v) is 6.34. The fourth-order valence-corrected chi connectivity index (χ4v) is 2.09. The second kappa shape index (κ2) is 6.37. The van der Waals surface area contributed by atoms with Crippen LogP contribution in [0.4, 0.5) is 5.69 Å². The molecule has 1 aliphatic heterocycles. The molecular weight excluding hydrogens is 282 g/mol. The molecule has 8 nitrogen and oxygen atoms in total. The van der Waals surface area contributed by atoms with Gasteiger partial charge in [0.05, 0.1) is 12.2 Å². The van der Waals surface area contributed by atoms with Crippen molar-refractivity contribution in [2.75, 3.05) is 11.9 Å². The van der Waals surface area contributed by atoms with Crippen LogP contribution in [0.25, 0.3) is 0 Å². The van der Waals surface area contributed by atoms with Gasteiger partial charge in [-0.25, -0.2) is 4.79 Å². The van der Waals surface area contributed by atoms with Crippen molar-refractivity contribution in [3.63, 3.8) is 0 Å². The number of nitrogens with one attached hydrogen (secondary N) is 1. The Morgan fingerprint density at radius 3 is 2.24 bits per heavy atom. The molecule has 0 radical (unpaired) electrons. The number of benzene rings is 1. The summed E-state index contributed by atoms with van der Waals surface area (Å²) in [4.78, 5) is 10.7. The molecule has 2 rings (SSSR count). The van der Waals surface area contributed by atoms with E-state index in [9.17, 15) is 20.1 Å². The van der Waals surface area contributed by atoms with E-state index in [-0.39, 0.29) is 5.56 Å². The number of hydrogen-bond acceptors (Lipinski definition) is 7. The highest BCUT2D eigenvalue weighted by atomic mass is 16.6. The smallest absolute Gasteiger partial charge is 0.335 e. The molecule has 6 N–H and O–H groups in total. The lowest BCUT2D eigenvalue weighted by molar-refractivity contribution is -0.221.